The lowest BCUT2D eigenvalue weighted by atomic mass is 9.91. The molecular weight excluding hydrogens is 241 g/mol. The van der Waals surface area contributed by atoms with Gasteiger partial charge >= 0.3 is 6.18 Å². The van der Waals surface area contributed by atoms with Crippen molar-refractivity contribution < 1.29 is 18.3 Å². The smallest absolute Gasteiger partial charge is 0.396 e. The summed E-state index contributed by atoms with van der Waals surface area (Å²) in [5.41, 5.74) is 0.00533. The van der Waals surface area contributed by atoms with E-state index in [2.05, 4.69) is 0 Å². The molecular formula is C14H19F3O. The van der Waals surface area contributed by atoms with E-state index in [4.69, 9.17) is 0 Å². The van der Waals surface area contributed by atoms with Crippen LogP contribution in [-0.4, -0.2) is 11.7 Å². The first kappa shape index (κ1) is 15.0. The van der Waals surface area contributed by atoms with Crippen molar-refractivity contribution in [1.82, 2.24) is 0 Å². The molecule has 0 aromatic heterocycles. The fourth-order valence-corrected chi connectivity index (χ4v) is 2.10. The van der Waals surface area contributed by atoms with Gasteiger partial charge in [0.15, 0.2) is 0 Å². The molecule has 0 heterocycles. The summed E-state index contributed by atoms with van der Waals surface area (Å²) in [6, 6.07) is 5.34. The van der Waals surface area contributed by atoms with Crippen LogP contribution in [0.5, 0.6) is 0 Å². The van der Waals surface area contributed by atoms with Crippen LogP contribution in [0.25, 0.3) is 0 Å². The van der Waals surface area contributed by atoms with Crippen molar-refractivity contribution in [2.24, 2.45) is 11.8 Å². The minimum atomic E-state index is -4.30. The number of rotatable bonds is 5. The number of aliphatic hydroxyl groups is 1. The van der Waals surface area contributed by atoms with Gasteiger partial charge in [-0.05, 0) is 36.3 Å². The molecule has 1 rings (SSSR count). The first-order chi connectivity index (χ1) is 8.32. The summed E-state index contributed by atoms with van der Waals surface area (Å²) in [6.45, 7) is 4.08. The van der Waals surface area contributed by atoms with Gasteiger partial charge in [0.25, 0.3) is 0 Å². The Balaban J connectivity index is 2.78. The normalized spacial score (nSPS) is 13.9. The number of halogens is 3. The molecule has 0 aliphatic rings. The molecule has 1 aromatic carbocycles. The predicted octanol–water partition coefficient (Wildman–Crippen LogP) is 3.90. The number of hydrogen-bond acceptors (Lipinski definition) is 1. The fraction of sp³-hybridized carbons (Fsp3) is 0.571. The van der Waals surface area contributed by atoms with Crippen LogP contribution in [-0.2, 0) is 12.6 Å². The van der Waals surface area contributed by atoms with Gasteiger partial charge in [-0.1, -0.05) is 32.0 Å². The number of aliphatic hydroxyl groups excluding tert-OH is 1. The number of hydrogen-bond donors (Lipinski definition) is 1. The van der Waals surface area contributed by atoms with E-state index < -0.39 is 11.7 Å². The van der Waals surface area contributed by atoms with Crippen molar-refractivity contribution in [2.45, 2.75) is 32.9 Å². The lowest BCUT2D eigenvalue weighted by molar-refractivity contribution is -0.137. The van der Waals surface area contributed by atoms with E-state index in [1.165, 1.54) is 12.1 Å². The summed E-state index contributed by atoms with van der Waals surface area (Å²) in [5.74, 6) is 0.446. The second kappa shape index (κ2) is 6.23. The Morgan fingerprint density at radius 3 is 2.39 bits per heavy atom. The standard InChI is InChI=1S/C14H19F3O/c1-10(2)6-12(9-18)7-11-4-3-5-13(8-11)14(15,16)17/h3-5,8,10,12,18H,6-7,9H2,1-2H3. The first-order valence-electron chi connectivity index (χ1n) is 6.10. The van der Waals surface area contributed by atoms with Crippen LogP contribution in [0.3, 0.4) is 0 Å². The molecule has 0 bridgehead atoms. The van der Waals surface area contributed by atoms with Gasteiger partial charge in [-0.15, -0.1) is 0 Å². The van der Waals surface area contributed by atoms with Gasteiger partial charge in [-0.2, -0.15) is 13.2 Å². The maximum atomic E-state index is 12.5. The molecule has 1 aromatic rings. The Kier molecular flexibility index (Phi) is 5.20. The molecule has 1 N–H and O–H groups in total. The van der Waals surface area contributed by atoms with Crippen molar-refractivity contribution in [1.29, 1.82) is 0 Å². The second-order valence-corrected chi connectivity index (χ2v) is 5.08. The molecule has 1 atom stereocenters. The Bertz CT molecular complexity index is 372. The molecule has 0 fully saturated rings. The molecule has 0 radical (unpaired) electrons. The predicted molar refractivity (Wildman–Crippen MR) is 65.2 cm³/mol. The number of benzene rings is 1. The van der Waals surface area contributed by atoms with Crippen molar-refractivity contribution in [3.05, 3.63) is 35.4 Å². The van der Waals surface area contributed by atoms with Crippen molar-refractivity contribution in [3.8, 4) is 0 Å². The summed E-state index contributed by atoms with van der Waals surface area (Å²) < 4.78 is 37.6. The summed E-state index contributed by atoms with van der Waals surface area (Å²) in [7, 11) is 0. The first-order valence-corrected chi connectivity index (χ1v) is 6.10. The zero-order valence-corrected chi connectivity index (χ0v) is 10.7. The highest BCUT2D eigenvalue weighted by Crippen LogP contribution is 2.30. The van der Waals surface area contributed by atoms with Gasteiger partial charge in [-0.3, -0.25) is 0 Å². The molecule has 0 saturated carbocycles. The SMILES string of the molecule is CC(C)CC(CO)Cc1cccc(C(F)(F)F)c1. The summed E-state index contributed by atoms with van der Waals surface area (Å²) in [4.78, 5) is 0. The van der Waals surface area contributed by atoms with Crippen LogP contribution in [0, 0.1) is 11.8 Å². The Hall–Kier alpha value is -1.03. The van der Waals surface area contributed by atoms with E-state index in [-0.39, 0.29) is 12.5 Å². The third kappa shape index (κ3) is 4.69. The van der Waals surface area contributed by atoms with Crippen LogP contribution in [0.1, 0.15) is 31.4 Å². The van der Waals surface area contributed by atoms with Gasteiger partial charge in [0.1, 0.15) is 0 Å². The molecule has 4 heteroatoms. The van der Waals surface area contributed by atoms with Gasteiger partial charge in [0, 0.05) is 6.61 Å². The molecule has 0 aliphatic heterocycles. The minimum absolute atomic E-state index is 0.00836. The van der Waals surface area contributed by atoms with E-state index in [1.807, 2.05) is 13.8 Å². The lowest BCUT2D eigenvalue weighted by Gasteiger charge is -2.17. The van der Waals surface area contributed by atoms with Crippen molar-refractivity contribution in [3.63, 3.8) is 0 Å². The van der Waals surface area contributed by atoms with Crippen LogP contribution in [0.15, 0.2) is 24.3 Å². The average Bonchev–Trinajstić information content (AvgIpc) is 2.26. The van der Waals surface area contributed by atoms with Crippen LogP contribution in [0.4, 0.5) is 13.2 Å². The lowest BCUT2D eigenvalue weighted by Crippen LogP contribution is -2.13. The molecule has 0 saturated heterocycles. The van der Waals surface area contributed by atoms with Gasteiger partial charge in [0.2, 0.25) is 0 Å². The fourth-order valence-electron chi connectivity index (χ4n) is 2.10. The van der Waals surface area contributed by atoms with Crippen molar-refractivity contribution in [2.75, 3.05) is 6.61 Å². The molecule has 1 nitrogen and oxygen atoms in total. The molecule has 0 amide bonds. The Morgan fingerprint density at radius 1 is 1.22 bits per heavy atom. The molecule has 18 heavy (non-hydrogen) atoms. The maximum Gasteiger partial charge on any atom is 0.416 e. The van der Waals surface area contributed by atoms with Crippen LogP contribution >= 0.6 is 0 Å². The van der Waals surface area contributed by atoms with Crippen LogP contribution in [0.2, 0.25) is 0 Å². The van der Waals surface area contributed by atoms with E-state index in [9.17, 15) is 18.3 Å². The largest absolute Gasteiger partial charge is 0.416 e. The molecule has 102 valence electrons. The quantitative estimate of drug-likeness (QED) is 0.851. The summed E-state index contributed by atoms with van der Waals surface area (Å²) in [6.07, 6.45) is -3.01. The van der Waals surface area contributed by atoms with E-state index in [0.717, 1.165) is 12.5 Å². The molecule has 1 unspecified atom stereocenters. The molecule has 0 spiro atoms. The van der Waals surface area contributed by atoms with Gasteiger partial charge in [0.05, 0.1) is 5.56 Å². The summed E-state index contributed by atoms with van der Waals surface area (Å²) in [5, 5.41) is 9.24. The highest BCUT2D eigenvalue weighted by Gasteiger charge is 2.30. The third-order valence-electron chi connectivity index (χ3n) is 2.84. The van der Waals surface area contributed by atoms with Crippen LogP contribution < -0.4 is 0 Å². The number of alkyl halides is 3. The van der Waals surface area contributed by atoms with Gasteiger partial charge < -0.3 is 5.11 Å². The Morgan fingerprint density at radius 2 is 1.89 bits per heavy atom. The zero-order valence-electron chi connectivity index (χ0n) is 10.7. The monoisotopic (exact) mass is 260 g/mol. The topological polar surface area (TPSA) is 20.2 Å². The van der Waals surface area contributed by atoms with Crippen molar-refractivity contribution >= 4 is 0 Å². The highest BCUT2D eigenvalue weighted by atomic mass is 19.4. The van der Waals surface area contributed by atoms with E-state index >= 15 is 0 Å². The average molecular weight is 260 g/mol. The van der Waals surface area contributed by atoms with E-state index in [1.54, 1.807) is 6.07 Å². The zero-order chi connectivity index (χ0) is 13.8. The summed E-state index contributed by atoms with van der Waals surface area (Å²) >= 11 is 0. The van der Waals surface area contributed by atoms with Gasteiger partial charge in [-0.25, -0.2) is 0 Å². The minimum Gasteiger partial charge on any atom is -0.396 e. The second-order valence-electron chi connectivity index (χ2n) is 5.08. The maximum absolute atomic E-state index is 12.5. The third-order valence-corrected chi connectivity index (χ3v) is 2.84. The highest BCUT2D eigenvalue weighted by molar-refractivity contribution is 5.26. The Labute approximate surface area is 106 Å². The molecule has 0 aliphatic carbocycles. The van der Waals surface area contributed by atoms with E-state index in [0.29, 0.717) is 17.9 Å².